The van der Waals surface area contributed by atoms with Crippen LogP contribution in [-0.4, -0.2) is 60.2 Å². The summed E-state index contributed by atoms with van der Waals surface area (Å²) in [5, 5.41) is 0. The topological polar surface area (TPSA) is 92.9 Å². The van der Waals surface area contributed by atoms with Gasteiger partial charge in [0.25, 0.3) is 11.8 Å². The molecular formula is C25H29N3O4. The summed E-state index contributed by atoms with van der Waals surface area (Å²) < 4.78 is 5.54. The normalized spacial score (nSPS) is 17.0. The molecule has 2 aliphatic heterocycles. The lowest BCUT2D eigenvalue weighted by Gasteiger charge is -2.32. The third-order valence-corrected chi connectivity index (χ3v) is 6.28. The van der Waals surface area contributed by atoms with E-state index < -0.39 is 0 Å². The Morgan fingerprint density at radius 2 is 1.75 bits per heavy atom. The molecule has 0 spiro atoms. The van der Waals surface area contributed by atoms with Gasteiger partial charge in [-0.15, -0.1) is 0 Å². The Labute approximate surface area is 188 Å². The molecule has 0 bridgehead atoms. The van der Waals surface area contributed by atoms with Gasteiger partial charge < -0.3 is 20.3 Å². The number of rotatable bonds is 6. The Kier molecular flexibility index (Phi) is 6.85. The van der Waals surface area contributed by atoms with Crippen molar-refractivity contribution in [1.82, 2.24) is 9.80 Å². The number of Topliss-reactive ketones (excluding diaryl/α,β-unsaturated/α-hetero) is 1. The van der Waals surface area contributed by atoms with Crippen molar-refractivity contribution in [3.63, 3.8) is 0 Å². The van der Waals surface area contributed by atoms with Crippen LogP contribution in [0.1, 0.15) is 46.7 Å². The highest BCUT2D eigenvalue weighted by molar-refractivity contribution is 5.94. The zero-order valence-electron chi connectivity index (χ0n) is 18.2. The molecule has 2 aliphatic rings. The summed E-state index contributed by atoms with van der Waals surface area (Å²) in [5.41, 5.74) is 8.81. The Bertz CT molecular complexity index is 981. The molecule has 0 radical (unpaired) electrons. The number of nitrogens with zero attached hydrogens (tertiary/aromatic N) is 2. The largest absolute Gasteiger partial charge is 0.484 e. The molecule has 2 amide bonds. The van der Waals surface area contributed by atoms with Crippen molar-refractivity contribution in [3.05, 3.63) is 65.2 Å². The summed E-state index contributed by atoms with van der Waals surface area (Å²) in [6.07, 6.45) is 2.28. The van der Waals surface area contributed by atoms with Gasteiger partial charge in [0.2, 0.25) is 0 Å². The van der Waals surface area contributed by atoms with E-state index in [1.165, 1.54) is 10.5 Å². The molecule has 7 heteroatoms. The fourth-order valence-electron chi connectivity index (χ4n) is 4.35. The zero-order chi connectivity index (χ0) is 22.5. The molecule has 4 rings (SSSR count). The highest BCUT2D eigenvalue weighted by Gasteiger charge is 2.25. The van der Waals surface area contributed by atoms with E-state index in [1.807, 2.05) is 11.0 Å². The van der Waals surface area contributed by atoms with Gasteiger partial charge in [-0.1, -0.05) is 24.3 Å². The van der Waals surface area contributed by atoms with Gasteiger partial charge in [0, 0.05) is 38.2 Å². The van der Waals surface area contributed by atoms with Gasteiger partial charge in [0.15, 0.2) is 12.4 Å². The Balaban J connectivity index is 1.27. The smallest absolute Gasteiger partial charge is 0.260 e. The molecule has 0 aliphatic carbocycles. The molecule has 0 saturated carbocycles. The number of ketones is 1. The number of hydrogen-bond donors (Lipinski definition) is 1. The highest BCUT2D eigenvalue weighted by atomic mass is 16.5. The molecule has 0 atom stereocenters. The molecule has 2 aromatic rings. The fraction of sp³-hybridized carbons (Fsp3) is 0.400. The van der Waals surface area contributed by atoms with Gasteiger partial charge in [-0.3, -0.25) is 14.4 Å². The molecule has 2 aromatic carbocycles. The van der Waals surface area contributed by atoms with Crippen molar-refractivity contribution in [3.8, 4) is 5.75 Å². The second-order valence-corrected chi connectivity index (χ2v) is 8.43. The van der Waals surface area contributed by atoms with Crippen LogP contribution in [0.4, 0.5) is 0 Å². The number of carbonyl (C=O) groups excluding carboxylic acids is 3. The zero-order valence-corrected chi connectivity index (χ0v) is 18.2. The van der Waals surface area contributed by atoms with Crippen molar-refractivity contribution >= 4 is 17.6 Å². The van der Waals surface area contributed by atoms with Crippen LogP contribution in [0, 0.1) is 0 Å². The lowest BCUT2D eigenvalue weighted by molar-refractivity contribution is -0.133. The van der Waals surface area contributed by atoms with Crippen molar-refractivity contribution in [1.29, 1.82) is 0 Å². The maximum atomic E-state index is 12.9. The van der Waals surface area contributed by atoms with Gasteiger partial charge in [-0.05, 0) is 54.2 Å². The quantitative estimate of drug-likeness (QED) is 0.752. The van der Waals surface area contributed by atoms with Crippen LogP contribution in [0.25, 0.3) is 0 Å². The van der Waals surface area contributed by atoms with Gasteiger partial charge in [0.05, 0.1) is 6.54 Å². The minimum atomic E-state index is -0.198. The molecule has 2 saturated heterocycles. The predicted octanol–water partition coefficient (Wildman–Crippen LogP) is 2.35. The number of amides is 2. The third-order valence-electron chi connectivity index (χ3n) is 6.28. The number of nitrogens with two attached hydrogens (primary N) is 1. The molecule has 7 nitrogen and oxygen atoms in total. The molecule has 2 N–H and O–H groups in total. The minimum Gasteiger partial charge on any atom is -0.484 e. The van der Waals surface area contributed by atoms with Crippen LogP contribution in [0.15, 0.2) is 48.5 Å². The second-order valence-electron chi connectivity index (χ2n) is 8.43. The Morgan fingerprint density at radius 3 is 2.41 bits per heavy atom. The Hall–Kier alpha value is -3.19. The van der Waals surface area contributed by atoms with Crippen molar-refractivity contribution in [2.24, 2.45) is 5.73 Å². The molecule has 0 unspecified atom stereocenters. The lowest BCUT2D eigenvalue weighted by Crippen LogP contribution is -2.37. The maximum Gasteiger partial charge on any atom is 0.260 e. The first-order valence-electron chi connectivity index (χ1n) is 11.1. The Morgan fingerprint density at radius 1 is 1.00 bits per heavy atom. The predicted molar refractivity (Wildman–Crippen MR) is 120 cm³/mol. The number of piperidine rings is 1. The highest BCUT2D eigenvalue weighted by Crippen LogP contribution is 2.29. The fourth-order valence-corrected chi connectivity index (χ4v) is 4.35. The van der Waals surface area contributed by atoms with E-state index in [2.05, 4.69) is 18.2 Å². The standard InChI is InChI=1S/C25H29N3O4/c26-15-18-2-1-3-21(14-18)19-8-11-27(12-9-19)25(31)20-4-6-23(7-5-20)32-17-24(30)28-13-10-22(29)16-28/h1-7,14,19H,8-13,15-17,26H2. The summed E-state index contributed by atoms with van der Waals surface area (Å²) in [6, 6.07) is 15.3. The second kappa shape index (κ2) is 9.96. The third kappa shape index (κ3) is 5.16. The lowest BCUT2D eigenvalue weighted by atomic mass is 9.88. The van der Waals surface area contributed by atoms with Crippen molar-refractivity contribution in [2.75, 3.05) is 32.8 Å². The summed E-state index contributed by atoms with van der Waals surface area (Å²) >= 11 is 0. The summed E-state index contributed by atoms with van der Waals surface area (Å²) in [4.78, 5) is 39.7. The van der Waals surface area contributed by atoms with Gasteiger partial charge in [-0.25, -0.2) is 0 Å². The van der Waals surface area contributed by atoms with Crippen LogP contribution in [0.5, 0.6) is 5.75 Å². The first kappa shape index (κ1) is 22.0. The molecule has 2 heterocycles. The number of likely N-dealkylation sites (tertiary alicyclic amines) is 2. The first-order chi connectivity index (χ1) is 15.5. The van der Waals surface area contributed by atoms with Crippen molar-refractivity contribution in [2.45, 2.75) is 31.7 Å². The van der Waals surface area contributed by atoms with E-state index in [0.717, 1.165) is 31.5 Å². The average molecular weight is 436 g/mol. The van der Waals surface area contributed by atoms with E-state index in [-0.39, 0.29) is 30.7 Å². The summed E-state index contributed by atoms with van der Waals surface area (Å²) in [7, 11) is 0. The van der Waals surface area contributed by atoms with Crippen LogP contribution >= 0.6 is 0 Å². The van der Waals surface area contributed by atoms with E-state index in [1.54, 1.807) is 24.3 Å². The average Bonchev–Trinajstić information content (AvgIpc) is 3.29. The molecule has 32 heavy (non-hydrogen) atoms. The molecule has 2 fully saturated rings. The number of ether oxygens (including phenoxy) is 1. The van der Waals surface area contributed by atoms with Crippen LogP contribution in [0.2, 0.25) is 0 Å². The van der Waals surface area contributed by atoms with Crippen LogP contribution < -0.4 is 10.5 Å². The van der Waals surface area contributed by atoms with Gasteiger partial charge in [-0.2, -0.15) is 0 Å². The SMILES string of the molecule is NCc1cccc(C2CCN(C(=O)c3ccc(OCC(=O)N4CCC(=O)C4)cc3)CC2)c1. The van der Waals surface area contributed by atoms with E-state index in [0.29, 0.717) is 36.7 Å². The van der Waals surface area contributed by atoms with E-state index in [4.69, 9.17) is 10.5 Å². The molecule has 0 aromatic heterocycles. The van der Waals surface area contributed by atoms with Crippen LogP contribution in [-0.2, 0) is 16.1 Å². The van der Waals surface area contributed by atoms with Gasteiger partial charge in [0.1, 0.15) is 5.75 Å². The van der Waals surface area contributed by atoms with E-state index in [9.17, 15) is 14.4 Å². The number of hydrogen-bond acceptors (Lipinski definition) is 5. The molecular weight excluding hydrogens is 406 g/mol. The first-order valence-corrected chi connectivity index (χ1v) is 11.1. The summed E-state index contributed by atoms with van der Waals surface area (Å²) in [5.74, 6) is 0.867. The monoisotopic (exact) mass is 435 g/mol. The van der Waals surface area contributed by atoms with Gasteiger partial charge >= 0.3 is 0 Å². The van der Waals surface area contributed by atoms with Crippen LogP contribution in [0.3, 0.4) is 0 Å². The number of carbonyl (C=O) groups is 3. The van der Waals surface area contributed by atoms with E-state index >= 15 is 0 Å². The van der Waals surface area contributed by atoms with Crippen molar-refractivity contribution < 1.29 is 19.1 Å². The summed E-state index contributed by atoms with van der Waals surface area (Å²) in [6.45, 7) is 2.50. The maximum absolute atomic E-state index is 12.9. The number of benzene rings is 2. The minimum absolute atomic E-state index is 0.0114. The molecule has 168 valence electrons.